The van der Waals surface area contributed by atoms with E-state index in [1.54, 1.807) is 13.2 Å². The fourth-order valence-electron chi connectivity index (χ4n) is 1.58. The second-order valence-electron chi connectivity index (χ2n) is 3.74. The first-order chi connectivity index (χ1) is 8.22. The van der Waals surface area contributed by atoms with Gasteiger partial charge in [-0.2, -0.15) is 0 Å². The van der Waals surface area contributed by atoms with Crippen LogP contribution in [0.2, 0.25) is 0 Å². The van der Waals surface area contributed by atoms with Crippen molar-refractivity contribution in [3.63, 3.8) is 0 Å². The van der Waals surface area contributed by atoms with Crippen LogP contribution in [0.1, 0.15) is 5.56 Å². The van der Waals surface area contributed by atoms with Crippen LogP contribution in [-0.4, -0.2) is 7.11 Å². The first-order valence-corrected chi connectivity index (χ1v) is 5.38. The number of anilines is 1. The van der Waals surface area contributed by atoms with Gasteiger partial charge >= 0.3 is 0 Å². The highest BCUT2D eigenvalue weighted by Gasteiger charge is 2.08. The molecule has 3 nitrogen and oxygen atoms in total. The molecule has 0 amide bonds. The van der Waals surface area contributed by atoms with Gasteiger partial charge in [0.25, 0.3) is 0 Å². The van der Waals surface area contributed by atoms with Gasteiger partial charge in [0.2, 0.25) is 0 Å². The Balaban J connectivity index is 2.34. The zero-order valence-corrected chi connectivity index (χ0v) is 9.94. The van der Waals surface area contributed by atoms with Gasteiger partial charge in [-0.3, -0.25) is 0 Å². The molecule has 2 rings (SSSR count). The molecule has 0 bridgehead atoms. The van der Waals surface area contributed by atoms with Crippen molar-refractivity contribution >= 4 is 5.69 Å². The molecule has 2 N–H and O–H groups in total. The zero-order valence-electron chi connectivity index (χ0n) is 9.94. The molecule has 3 heteroatoms. The molecule has 0 aromatic heterocycles. The lowest BCUT2D eigenvalue weighted by Gasteiger charge is -2.12. The van der Waals surface area contributed by atoms with Crippen LogP contribution in [0, 0.1) is 6.92 Å². The quantitative estimate of drug-likeness (QED) is 0.820. The van der Waals surface area contributed by atoms with Crippen molar-refractivity contribution in [3.8, 4) is 17.2 Å². The molecule has 0 aliphatic heterocycles. The fourth-order valence-corrected chi connectivity index (χ4v) is 1.58. The van der Waals surface area contributed by atoms with Gasteiger partial charge in [-0.1, -0.05) is 24.3 Å². The van der Waals surface area contributed by atoms with E-state index in [0.717, 1.165) is 11.3 Å². The Bertz CT molecular complexity index is 523. The van der Waals surface area contributed by atoms with Crippen LogP contribution in [0.25, 0.3) is 0 Å². The third-order valence-electron chi connectivity index (χ3n) is 2.56. The molecule has 0 aliphatic carbocycles. The van der Waals surface area contributed by atoms with Crippen molar-refractivity contribution in [2.45, 2.75) is 6.92 Å². The number of benzene rings is 2. The summed E-state index contributed by atoms with van der Waals surface area (Å²) in [7, 11) is 1.59. The Morgan fingerprint density at radius 2 is 1.53 bits per heavy atom. The van der Waals surface area contributed by atoms with E-state index in [1.807, 2.05) is 43.3 Å². The van der Waals surface area contributed by atoms with E-state index in [0.29, 0.717) is 17.2 Å². The summed E-state index contributed by atoms with van der Waals surface area (Å²) in [5, 5.41) is 0. The van der Waals surface area contributed by atoms with E-state index in [-0.39, 0.29) is 0 Å². The highest BCUT2D eigenvalue weighted by atomic mass is 16.5. The molecule has 2 aromatic carbocycles. The van der Waals surface area contributed by atoms with Crippen LogP contribution in [0.15, 0.2) is 42.5 Å². The van der Waals surface area contributed by atoms with Crippen molar-refractivity contribution in [2.75, 3.05) is 12.8 Å². The average molecular weight is 229 g/mol. The second kappa shape index (κ2) is 4.78. The second-order valence-corrected chi connectivity index (χ2v) is 3.74. The van der Waals surface area contributed by atoms with E-state index in [1.165, 1.54) is 0 Å². The van der Waals surface area contributed by atoms with Gasteiger partial charge in [0.1, 0.15) is 17.2 Å². The van der Waals surface area contributed by atoms with Gasteiger partial charge < -0.3 is 15.2 Å². The number of nitrogen functional groups attached to an aromatic ring is 1. The van der Waals surface area contributed by atoms with Crippen LogP contribution in [0.3, 0.4) is 0 Å². The Morgan fingerprint density at radius 1 is 0.882 bits per heavy atom. The van der Waals surface area contributed by atoms with Crippen LogP contribution in [0.5, 0.6) is 17.2 Å². The van der Waals surface area contributed by atoms with Crippen molar-refractivity contribution in [1.82, 2.24) is 0 Å². The van der Waals surface area contributed by atoms with E-state index in [4.69, 9.17) is 15.2 Å². The summed E-state index contributed by atoms with van der Waals surface area (Å²) in [5.41, 5.74) is 7.52. The predicted molar refractivity (Wildman–Crippen MR) is 68.7 cm³/mol. The Kier molecular flexibility index (Phi) is 3.19. The SMILES string of the molecule is COc1cccc(Oc2ccccc2C)c1N. The summed E-state index contributed by atoms with van der Waals surface area (Å²) in [6, 6.07) is 13.3. The molecule has 2 aromatic rings. The molecule has 88 valence electrons. The molecule has 0 heterocycles. The first kappa shape index (κ1) is 11.3. The van der Waals surface area contributed by atoms with Gasteiger partial charge in [-0.15, -0.1) is 0 Å². The number of hydrogen-bond acceptors (Lipinski definition) is 3. The minimum Gasteiger partial charge on any atom is -0.494 e. The number of rotatable bonds is 3. The molecule has 17 heavy (non-hydrogen) atoms. The zero-order chi connectivity index (χ0) is 12.3. The fraction of sp³-hybridized carbons (Fsp3) is 0.143. The molecule has 0 radical (unpaired) electrons. The maximum Gasteiger partial charge on any atom is 0.154 e. The molecular formula is C14H15NO2. The summed E-state index contributed by atoms with van der Waals surface area (Å²) < 4.78 is 10.9. The van der Waals surface area contributed by atoms with Gasteiger partial charge in [-0.25, -0.2) is 0 Å². The molecular weight excluding hydrogens is 214 g/mol. The summed E-state index contributed by atoms with van der Waals surface area (Å²) >= 11 is 0. The van der Waals surface area contributed by atoms with Crippen LogP contribution >= 0.6 is 0 Å². The Labute approximate surface area is 101 Å². The number of aryl methyl sites for hydroxylation is 1. The van der Waals surface area contributed by atoms with Crippen molar-refractivity contribution in [1.29, 1.82) is 0 Å². The average Bonchev–Trinajstić information content (AvgIpc) is 2.34. The Morgan fingerprint density at radius 3 is 2.24 bits per heavy atom. The molecule has 0 unspecified atom stereocenters. The summed E-state index contributed by atoms with van der Waals surface area (Å²) in [6.45, 7) is 1.99. The topological polar surface area (TPSA) is 44.5 Å². The van der Waals surface area contributed by atoms with E-state index >= 15 is 0 Å². The predicted octanol–water partition coefficient (Wildman–Crippen LogP) is 3.38. The van der Waals surface area contributed by atoms with Crippen LogP contribution < -0.4 is 15.2 Å². The molecule has 0 saturated carbocycles. The number of nitrogens with two attached hydrogens (primary N) is 1. The molecule has 0 aliphatic rings. The maximum atomic E-state index is 5.94. The maximum absolute atomic E-state index is 5.94. The van der Waals surface area contributed by atoms with E-state index in [2.05, 4.69) is 0 Å². The molecule has 0 fully saturated rings. The highest BCUT2D eigenvalue weighted by Crippen LogP contribution is 2.35. The monoisotopic (exact) mass is 229 g/mol. The normalized spacial score (nSPS) is 10.0. The molecule has 0 saturated heterocycles. The minimum atomic E-state index is 0.512. The smallest absolute Gasteiger partial charge is 0.154 e. The van der Waals surface area contributed by atoms with Crippen molar-refractivity contribution in [2.24, 2.45) is 0 Å². The third kappa shape index (κ3) is 2.33. The molecule has 0 spiro atoms. The summed E-state index contributed by atoms with van der Waals surface area (Å²) in [6.07, 6.45) is 0. The van der Waals surface area contributed by atoms with Gasteiger partial charge in [-0.05, 0) is 30.7 Å². The van der Waals surface area contributed by atoms with E-state index < -0.39 is 0 Å². The minimum absolute atomic E-state index is 0.512. The van der Waals surface area contributed by atoms with Crippen molar-refractivity contribution < 1.29 is 9.47 Å². The third-order valence-corrected chi connectivity index (χ3v) is 2.56. The lowest BCUT2D eigenvalue weighted by Crippen LogP contribution is -1.96. The Hall–Kier alpha value is -2.16. The van der Waals surface area contributed by atoms with Gasteiger partial charge in [0, 0.05) is 0 Å². The summed E-state index contributed by atoms with van der Waals surface area (Å²) in [4.78, 5) is 0. The standard InChI is InChI=1S/C14H15NO2/c1-10-6-3-4-7-11(10)17-13-9-5-8-12(16-2)14(13)15/h3-9H,15H2,1-2H3. The lowest BCUT2D eigenvalue weighted by molar-refractivity contribution is 0.412. The lowest BCUT2D eigenvalue weighted by atomic mass is 10.2. The number of hydrogen-bond donors (Lipinski definition) is 1. The van der Waals surface area contributed by atoms with Crippen LogP contribution in [0.4, 0.5) is 5.69 Å². The number of methoxy groups -OCH3 is 1. The molecule has 0 atom stereocenters. The highest BCUT2D eigenvalue weighted by molar-refractivity contribution is 5.63. The number of para-hydroxylation sites is 2. The first-order valence-electron chi connectivity index (χ1n) is 5.38. The largest absolute Gasteiger partial charge is 0.494 e. The van der Waals surface area contributed by atoms with Gasteiger partial charge in [0.05, 0.1) is 7.11 Å². The van der Waals surface area contributed by atoms with Gasteiger partial charge in [0.15, 0.2) is 5.75 Å². The summed E-state index contributed by atoms with van der Waals surface area (Å²) in [5.74, 6) is 2.03. The van der Waals surface area contributed by atoms with Crippen molar-refractivity contribution in [3.05, 3.63) is 48.0 Å². The van der Waals surface area contributed by atoms with Crippen LogP contribution in [-0.2, 0) is 0 Å². The van der Waals surface area contributed by atoms with E-state index in [9.17, 15) is 0 Å². The number of ether oxygens (including phenoxy) is 2.